The molecule has 0 bridgehead atoms. The SMILES string of the molecule is CC1CCCC(NC(=O)c2ccc(N)nn2)C1C. The highest BCUT2D eigenvalue weighted by Crippen LogP contribution is 2.29. The third-order valence-electron chi connectivity index (χ3n) is 3.94. The molecule has 1 heterocycles. The molecule has 1 aromatic heterocycles. The first-order valence-corrected chi connectivity index (χ1v) is 6.48. The van der Waals surface area contributed by atoms with E-state index in [-0.39, 0.29) is 11.9 Å². The summed E-state index contributed by atoms with van der Waals surface area (Å²) >= 11 is 0. The van der Waals surface area contributed by atoms with Gasteiger partial charge in [0.15, 0.2) is 5.69 Å². The predicted molar refractivity (Wildman–Crippen MR) is 69.9 cm³/mol. The van der Waals surface area contributed by atoms with Gasteiger partial charge in [0.25, 0.3) is 5.91 Å². The smallest absolute Gasteiger partial charge is 0.272 e. The lowest BCUT2D eigenvalue weighted by Gasteiger charge is -2.34. The summed E-state index contributed by atoms with van der Waals surface area (Å²) in [6.07, 6.45) is 3.46. The second-order valence-corrected chi connectivity index (χ2v) is 5.19. The van der Waals surface area contributed by atoms with Gasteiger partial charge in [0.05, 0.1) is 0 Å². The lowest BCUT2D eigenvalue weighted by atomic mass is 9.78. The highest BCUT2D eigenvalue weighted by atomic mass is 16.2. The first-order chi connectivity index (χ1) is 8.58. The Bertz CT molecular complexity index is 418. The fourth-order valence-corrected chi connectivity index (χ4v) is 2.49. The summed E-state index contributed by atoms with van der Waals surface area (Å²) < 4.78 is 0. The summed E-state index contributed by atoms with van der Waals surface area (Å²) in [4.78, 5) is 12.0. The Morgan fingerprint density at radius 2 is 2.11 bits per heavy atom. The molecule has 1 fully saturated rings. The van der Waals surface area contributed by atoms with Crippen LogP contribution in [-0.2, 0) is 0 Å². The quantitative estimate of drug-likeness (QED) is 0.833. The minimum Gasteiger partial charge on any atom is -0.382 e. The first-order valence-electron chi connectivity index (χ1n) is 6.48. The summed E-state index contributed by atoms with van der Waals surface area (Å²) in [6, 6.07) is 3.43. The van der Waals surface area contributed by atoms with Gasteiger partial charge in [-0.1, -0.05) is 26.7 Å². The van der Waals surface area contributed by atoms with Crippen molar-refractivity contribution in [3.63, 3.8) is 0 Å². The van der Waals surface area contributed by atoms with E-state index in [1.54, 1.807) is 12.1 Å². The second kappa shape index (κ2) is 5.33. The predicted octanol–water partition coefficient (Wildman–Crippen LogP) is 1.61. The van der Waals surface area contributed by atoms with E-state index in [1.807, 2.05) is 0 Å². The summed E-state index contributed by atoms with van der Waals surface area (Å²) in [6.45, 7) is 4.44. The summed E-state index contributed by atoms with van der Waals surface area (Å²) in [5.41, 5.74) is 5.77. The third-order valence-corrected chi connectivity index (χ3v) is 3.94. The number of nitrogen functional groups attached to an aromatic ring is 1. The van der Waals surface area contributed by atoms with E-state index in [9.17, 15) is 4.79 Å². The maximum atomic E-state index is 12.0. The number of nitrogens with two attached hydrogens (primary N) is 1. The molecular formula is C13H20N4O. The maximum absolute atomic E-state index is 12.0. The molecule has 3 unspecified atom stereocenters. The highest BCUT2D eigenvalue weighted by Gasteiger charge is 2.28. The van der Waals surface area contributed by atoms with Crippen LogP contribution in [0.4, 0.5) is 5.82 Å². The van der Waals surface area contributed by atoms with E-state index in [0.717, 1.165) is 6.42 Å². The van der Waals surface area contributed by atoms with Gasteiger partial charge in [-0.25, -0.2) is 0 Å². The van der Waals surface area contributed by atoms with Crippen molar-refractivity contribution in [1.82, 2.24) is 15.5 Å². The van der Waals surface area contributed by atoms with Crippen molar-refractivity contribution in [2.45, 2.75) is 39.2 Å². The van der Waals surface area contributed by atoms with Crippen molar-refractivity contribution < 1.29 is 4.79 Å². The minimum atomic E-state index is -0.159. The number of hydrogen-bond acceptors (Lipinski definition) is 4. The summed E-state index contributed by atoms with van der Waals surface area (Å²) in [5, 5.41) is 10.5. The molecule has 0 spiro atoms. The number of amides is 1. The van der Waals surface area contributed by atoms with Gasteiger partial charge in [0.2, 0.25) is 0 Å². The fraction of sp³-hybridized carbons (Fsp3) is 0.615. The van der Waals surface area contributed by atoms with Crippen molar-refractivity contribution in [1.29, 1.82) is 0 Å². The molecule has 1 aliphatic rings. The molecule has 3 N–H and O–H groups in total. The number of rotatable bonds is 2. The molecule has 3 atom stereocenters. The van der Waals surface area contributed by atoms with Gasteiger partial charge in [-0.05, 0) is 30.4 Å². The Morgan fingerprint density at radius 1 is 1.33 bits per heavy atom. The van der Waals surface area contributed by atoms with Gasteiger partial charge < -0.3 is 11.1 Å². The number of aromatic nitrogens is 2. The lowest BCUT2D eigenvalue weighted by Crippen LogP contribution is -2.44. The average molecular weight is 248 g/mol. The van der Waals surface area contributed by atoms with Gasteiger partial charge in [-0.15, -0.1) is 10.2 Å². The van der Waals surface area contributed by atoms with Crippen LogP contribution in [-0.4, -0.2) is 22.1 Å². The highest BCUT2D eigenvalue weighted by molar-refractivity contribution is 5.92. The standard InChI is InChI=1S/C13H20N4O/c1-8-4-3-5-10(9(8)2)15-13(18)11-6-7-12(14)17-16-11/h6-10H,3-5H2,1-2H3,(H2,14,17)(H,15,18). The van der Waals surface area contributed by atoms with E-state index in [0.29, 0.717) is 23.3 Å². The molecule has 18 heavy (non-hydrogen) atoms. The van der Waals surface area contributed by atoms with Crippen molar-refractivity contribution >= 4 is 11.7 Å². The summed E-state index contributed by atoms with van der Waals surface area (Å²) in [5.74, 6) is 1.32. The van der Waals surface area contributed by atoms with Crippen LogP contribution in [0.5, 0.6) is 0 Å². The van der Waals surface area contributed by atoms with Crippen LogP contribution < -0.4 is 11.1 Å². The van der Waals surface area contributed by atoms with E-state index < -0.39 is 0 Å². The Kier molecular flexibility index (Phi) is 3.79. The number of carbonyl (C=O) groups is 1. The van der Waals surface area contributed by atoms with Crippen LogP contribution in [0.3, 0.4) is 0 Å². The first kappa shape index (κ1) is 12.8. The molecule has 2 rings (SSSR count). The number of carbonyl (C=O) groups excluding carboxylic acids is 1. The normalized spacial score (nSPS) is 27.8. The van der Waals surface area contributed by atoms with E-state index in [2.05, 4.69) is 29.4 Å². The fourth-order valence-electron chi connectivity index (χ4n) is 2.49. The molecule has 1 aromatic rings. The van der Waals surface area contributed by atoms with Crippen LogP contribution in [0.2, 0.25) is 0 Å². The molecule has 5 nitrogen and oxygen atoms in total. The van der Waals surface area contributed by atoms with Crippen LogP contribution in [0.25, 0.3) is 0 Å². The lowest BCUT2D eigenvalue weighted by molar-refractivity contribution is 0.0885. The van der Waals surface area contributed by atoms with E-state index in [4.69, 9.17) is 5.73 Å². The monoisotopic (exact) mass is 248 g/mol. The van der Waals surface area contributed by atoms with Crippen LogP contribution >= 0.6 is 0 Å². The number of nitrogens with one attached hydrogen (secondary N) is 1. The number of hydrogen-bond donors (Lipinski definition) is 2. The Balaban J connectivity index is 2.00. The van der Waals surface area contributed by atoms with E-state index >= 15 is 0 Å². The molecule has 0 saturated heterocycles. The van der Waals surface area contributed by atoms with Gasteiger partial charge in [0, 0.05) is 6.04 Å². The molecule has 5 heteroatoms. The van der Waals surface area contributed by atoms with Gasteiger partial charge in [-0.3, -0.25) is 4.79 Å². The van der Waals surface area contributed by atoms with Gasteiger partial charge in [-0.2, -0.15) is 0 Å². The molecule has 1 amide bonds. The Hall–Kier alpha value is -1.65. The van der Waals surface area contributed by atoms with Crippen molar-refractivity contribution in [2.24, 2.45) is 11.8 Å². The molecule has 0 aliphatic heterocycles. The molecule has 1 aliphatic carbocycles. The van der Waals surface area contributed by atoms with Crippen molar-refractivity contribution in [2.75, 3.05) is 5.73 Å². The zero-order chi connectivity index (χ0) is 13.1. The molecule has 0 radical (unpaired) electrons. The van der Waals surface area contributed by atoms with Crippen molar-refractivity contribution in [3.8, 4) is 0 Å². The van der Waals surface area contributed by atoms with Gasteiger partial charge >= 0.3 is 0 Å². The summed E-state index contributed by atoms with van der Waals surface area (Å²) in [7, 11) is 0. The Morgan fingerprint density at radius 3 is 2.78 bits per heavy atom. The van der Waals surface area contributed by atoms with Gasteiger partial charge in [0.1, 0.15) is 5.82 Å². The number of nitrogens with zero attached hydrogens (tertiary/aromatic N) is 2. The van der Waals surface area contributed by atoms with E-state index in [1.165, 1.54) is 12.8 Å². The van der Waals surface area contributed by atoms with Crippen LogP contribution in [0, 0.1) is 11.8 Å². The average Bonchev–Trinajstić information content (AvgIpc) is 2.36. The van der Waals surface area contributed by atoms with Crippen molar-refractivity contribution in [3.05, 3.63) is 17.8 Å². The molecule has 1 saturated carbocycles. The molecule has 98 valence electrons. The maximum Gasteiger partial charge on any atom is 0.272 e. The topological polar surface area (TPSA) is 80.9 Å². The zero-order valence-electron chi connectivity index (χ0n) is 10.9. The second-order valence-electron chi connectivity index (χ2n) is 5.19. The Labute approximate surface area is 107 Å². The zero-order valence-corrected chi connectivity index (χ0v) is 10.9. The number of anilines is 1. The minimum absolute atomic E-state index is 0.159. The third kappa shape index (κ3) is 2.78. The van der Waals surface area contributed by atoms with Crippen LogP contribution in [0.15, 0.2) is 12.1 Å². The van der Waals surface area contributed by atoms with Crippen LogP contribution in [0.1, 0.15) is 43.6 Å². The largest absolute Gasteiger partial charge is 0.382 e. The molecule has 0 aromatic carbocycles. The molecular weight excluding hydrogens is 228 g/mol.